The van der Waals surface area contributed by atoms with Crippen molar-refractivity contribution in [2.75, 3.05) is 55.6 Å². The first-order valence-corrected chi connectivity index (χ1v) is 19.9. The molecule has 55 heavy (non-hydrogen) atoms. The van der Waals surface area contributed by atoms with E-state index < -0.39 is 6.04 Å². The number of piperidine rings is 2. The molecule has 4 aliphatic heterocycles. The smallest absolute Gasteiger partial charge is 0.255 e. The molecule has 4 aromatic carbocycles. The monoisotopic (exact) mass is 757 g/mol. The van der Waals surface area contributed by atoms with E-state index in [-0.39, 0.29) is 35.6 Å². The zero-order valence-electron chi connectivity index (χ0n) is 30.4. The fraction of sp³-hybridized carbons (Fsp3) is 0.326. The maximum Gasteiger partial charge on any atom is 0.255 e. The van der Waals surface area contributed by atoms with Crippen LogP contribution in [-0.4, -0.2) is 89.6 Å². The van der Waals surface area contributed by atoms with Gasteiger partial charge in [0.25, 0.3) is 5.91 Å². The van der Waals surface area contributed by atoms with Crippen LogP contribution in [0.25, 0.3) is 20.5 Å². The van der Waals surface area contributed by atoms with Gasteiger partial charge in [0.1, 0.15) is 23.3 Å². The Morgan fingerprint density at radius 1 is 0.745 bits per heavy atom. The topological polar surface area (TPSA) is 126 Å². The van der Waals surface area contributed by atoms with Gasteiger partial charge in [-0.1, -0.05) is 0 Å². The number of phenolic OH excluding ortho intramolecular Hbond substituents is 2. The van der Waals surface area contributed by atoms with Crippen LogP contribution < -0.4 is 19.9 Å². The predicted octanol–water partition coefficient (Wildman–Crippen LogP) is 6.57. The number of nitrogens with one attached hydrogen (secondary N) is 1. The summed E-state index contributed by atoms with van der Waals surface area (Å²) in [6.07, 6.45) is 2.91. The summed E-state index contributed by atoms with van der Waals surface area (Å²) in [7, 11) is 0. The van der Waals surface area contributed by atoms with Gasteiger partial charge in [0.15, 0.2) is 5.75 Å². The van der Waals surface area contributed by atoms with Gasteiger partial charge in [-0.05, 0) is 121 Å². The van der Waals surface area contributed by atoms with Crippen molar-refractivity contribution in [3.05, 3.63) is 96.1 Å². The van der Waals surface area contributed by atoms with Crippen molar-refractivity contribution < 1.29 is 29.3 Å². The summed E-state index contributed by atoms with van der Waals surface area (Å²) in [5.74, 6) is 1.76. The summed E-state index contributed by atoms with van der Waals surface area (Å²) in [5.41, 5.74) is 4.84. The van der Waals surface area contributed by atoms with Crippen LogP contribution in [0, 0.1) is 5.92 Å². The number of benzene rings is 4. The fourth-order valence-electron chi connectivity index (χ4n) is 8.49. The van der Waals surface area contributed by atoms with Gasteiger partial charge in [0.2, 0.25) is 11.8 Å². The number of amides is 3. The molecule has 3 saturated heterocycles. The molecule has 4 aliphatic rings. The molecule has 12 heteroatoms. The zero-order valence-corrected chi connectivity index (χ0v) is 31.3. The van der Waals surface area contributed by atoms with Crippen LogP contribution in [0.5, 0.6) is 23.0 Å². The number of hydrogen-bond acceptors (Lipinski definition) is 10. The summed E-state index contributed by atoms with van der Waals surface area (Å²) >= 11 is 1.55. The first-order chi connectivity index (χ1) is 26.8. The third-order valence-electron chi connectivity index (χ3n) is 11.6. The summed E-state index contributed by atoms with van der Waals surface area (Å²) in [6, 6.07) is 26.2. The lowest BCUT2D eigenvalue weighted by Crippen LogP contribution is -2.52. The highest BCUT2D eigenvalue weighted by molar-refractivity contribution is 7.22. The number of nitrogens with zero attached hydrogens (tertiary/aromatic N) is 4. The third kappa shape index (κ3) is 7.07. The molecule has 5 heterocycles. The van der Waals surface area contributed by atoms with Gasteiger partial charge in [-0.15, -0.1) is 11.3 Å². The second kappa shape index (κ2) is 14.6. The maximum absolute atomic E-state index is 13.1. The molecule has 282 valence electrons. The van der Waals surface area contributed by atoms with E-state index in [0.29, 0.717) is 24.4 Å². The van der Waals surface area contributed by atoms with Crippen LogP contribution in [0.15, 0.2) is 84.9 Å². The van der Waals surface area contributed by atoms with Gasteiger partial charge >= 0.3 is 0 Å². The highest BCUT2D eigenvalue weighted by atomic mass is 32.1. The summed E-state index contributed by atoms with van der Waals surface area (Å²) in [4.78, 5) is 47.2. The van der Waals surface area contributed by atoms with Crippen LogP contribution in [0.1, 0.15) is 41.6 Å². The van der Waals surface area contributed by atoms with Crippen molar-refractivity contribution in [3.63, 3.8) is 0 Å². The number of piperazine rings is 1. The molecule has 0 aliphatic carbocycles. The predicted molar refractivity (Wildman–Crippen MR) is 213 cm³/mol. The van der Waals surface area contributed by atoms with Crippen molar-refractivity contribution in [3.8, 4) is 33.4 Å². The Bertz CT molecular complexity index is 2260. The number of carbonyl (C=O) groups is 3. The van der Waals surface area contributed by atoms with Crippen LogP contribution in [0.2, 0.25) is 0 Å². The number of rotatable bonds is 8. The third-order valence-corrected chi connectivity index (χ3v) is 12.7. The Labute approximate surface area is 323 Å². The normalized spacial score (nSPS) is 19.6. The number of thiophene rings is 1. The van der Waals surface area contributed by atoms with Crippen LogP contribution in [0.3, 0.4) is 0 Å². The van der Waals surface area contributed by atoms with Crippen molar-refractivity contribution in [1.82, 2.24) is 15.1 Å². The maximum atomic E-state index is 13.1. The van der Waals surface area contributed by atoms with Crippen molar-refractivity contribution >= 4 is 50.5 Å². The number of anilines is 2. The molecule has 11 nitrogen and oxygen atoms in total. The van der Waals surface area contributed by atoms with Gasteiger partial charge in [-0.25, -0.2) is 0 Å². The summed E-state index contributed by atoms with van der Waals surface area (Å²) in [5, 5.41) is 23.2. The fourth-order valence-corrected chi connectivity index (χ4v) is 9.66. The minimum atomic E-state index is -0.597. The van der Waals surface area contributed by atoms with Gasteiger partial charge < -0.3 is 29.6 Å². The summed E-state index contributed by atoms with van der Waals surface area (Å²) < 4.78 is 7.45. The molecule has 3 N–H and O–H groups in total. The second-order valence-electron chi connectivity index (χ2n) is 15.0. The number of aromatic hydroxyl groups is 2. The van der Waals surface area contributed by atoms with E-state index in [1.54, 1.807) is 40.5 Å². The number of carbonyl (C=O) groups excluding carboxylic acids is 3. The number of hydrogen-bond donors (Lipinski definition) is 3. The molecule has 0 bridgehead atoms. The average molecular weight is 758 g/mol. The highest BCUT2D eigenvalue weighted by Crippen LogP contribution is 2.47. The average Bonchev–Trinajstić information content (AvgIpc) is 3.71. The van der Waals surface area contributed by atoms with E-state index in [1.807, 2.05) is 42.5 Å². The molecule has 5 aromatic rings. The molecule has 9 rings (SSSR count). The van der Waals surface area contributed by atoms with E-state index in [0.717, 1.165) is 102 Å². The minimum absolute atomic E-state index is 0.134. The standard InChI is InChI=1S/C43H43N5O6S/c49-32-6-1-28(2-7-32)41-40(36-12-8-33(50)24-38(36)55-41)54-34-9-3-30(4-10-34)46-17-15-27(16-18-46)25-45-19-21-47(22-20-45)31-5-11-35-29(23-31)26-48(43(35)53)37-13-14-39(51)44-42(37)52/h1-12,23-24,27,37,49-50H,13-22,25-26H2,(H,44,51,52). The van der Waals surface area contributed by atoms with Gasteiger partial charge in [-0.2, -0.15) is 0 Å². The highest BCUT2D eigenvalue weighted by Gasteiger charge is 2.39. The lowest BCUT2D eigenvalue weighted by Gasteiger charge is -2.40. The lowest BCUT2D eigenvalue weighted by molar-refractivity contribution is -0.136. The Morgan fingerprint density at radius 3 is 2.20 bits per heavy atom. The summed E-state index contributed by atoms with van der Waals surface area (Å²) in [6.45, 7) is 7.37. The SMILES string of the molecule is O=C1CCC(N2Cc3cc(N4CCN(CC5CCN(c6ccc(Oc7c(-c8ccc(O)cc8)sc8cc(O)ccc78)cc6)CC5)CC4)ccc3C2=O)C(=O)N1. The van der Waals surface area contributed by atoms with Gasteiger partial charge in [0, 0.05) is 85.8 Å². The van der Waals surface area contributed by atoms with Crippen LogP contribution in [0.4, 0.5) is 11.4 Å². The van der Waals surface area contributed by atoms with Crippen molar-refractivity contribution in [2.24, 2.45) is 5.92 Å². The van der Waals surface area contributed by atoms with E-state index >= 15 is 0 Å². The molecule has 0 saturated carbocycles. The van der Waals surface area contributed by atoms with E-state index in [1.165, 1.54) is 5.69 Å². The van der Waals surface area contributed by atoms with E-state index in [4.69, 9.17) is 4.74 Å². The van der Waals surface area contributed by atoms with Crippen LogP contribution >= 0.6 is 11.3 Å². The zero-order chi connectivity index (χ0) is 37.6. The lowest BCUT2D eigenvalue weighted by atomic mass is 9.95. The van der Waals surface area contributed by atoms with Crippen molar-refractivity contribution in [2.45, 2.75) is 38.3 Å². The quantitative estimate of drug-likeness (QED) is 0.151. The van der Waals surface area contributed by atoms with E-state index in [9.17, 15) is 24.6 Å². The number of ether oxygens (including phenoxy) is 1. The van der Waals surface area contributed by atoms with Gasteiger partial charge in [-0.3, -0.25) is 24.6 Å². The Balaban J connectivity index is 0.769. The first kappa shape index (κ1) is 35.1. The van der Waals surface area contributed by atoms with Crippen LogP contribution in [-0.2, 0) is 16.1 Å². The molecular weight excluding hydrogens is 715 g/mol. The molecule has 0 radical (unpaired) electrons. The second-order valence-corrected chi connectivity index (χ2v) is 16.1. The molecule has 3 fully saturated rings. The molecule has 1 atom stereocenters. The largest absolute Gasteiger partial charge is 0.508 e. The number of imide groups is 1. The molecular formula is C43H43N5O6S. The molecule has 1 unspecified atom stereocenters. The Hall–Kier alpha value is -5.59. The molecule has 3 amide bonds. The van der Waals surface area contributed by atoms with E-state index in [2.05, 4.69) is 38.2 Å². The van der Waals surface area contributed by atoms with Gasteiger partial charge in [0.05, 0.1) is 4.88 Å². The minimum Gasteiger partial charge on any atom is -0.508 e. The molecule has 1 aromatic heterocycles. The first-order valence-electron chi connectivity index (χ1n) is 19.1. The Morgan fingerprint density at radius 2 is 1.45 bits per heavy atom. The van der Waals surface area contributed by atoms with Crippen molar-refractivity contribution in [1.29, 1.82) is 0 Å². The number of phenols is 2. The number of fused-ring (bicyclic) bond motifs is 2. The Kier molecular flexibility index (Phi) is 9.31. The molecule has 0 spiro atoms.